The molecule has 1 aromatic rings. The number of hydrogen-bond acceptors (Lipinski definition) is 6. The molecule has 0 atom stereocenters. The van der Waals surface area contributed by atoms with Crippen LogP contribution < -0.4 is 10.2 Å². The third-order valence-electron chi connectivity index (χ3n) is 3.95. The lowest BCUT2D eigenvalue weighted by molar-refractivity contribution is -0.380. The summed E-state index contributed by atoms with van der Waals surface area (Å²) in [5.74, 6) is 0. The Morgan fingerprint density at radius 2 is 2.14 bits per heavy atom. The number of thiazole rings is 1. The summed E-state index contributed by atoms with van der Waals surface area (Å²) in [7, 11) is 0. The van der Waals surface area contributed by atoms with Crippen LogP contribution in [0.1, 0.15) is 19.3 Å². The standard InChI is InChI=1S/C12H17N5O3S/c18-11-13-4-1-5-16(11)9-2-6-15(7-3-9)12-14-8-10(21-12)17(19)20/h8-9H,1-7H2,(H,13,18). The molecule has 0 aromatic carbocycles. The molecule has 21 heavy (non-hydrogen) atoms. The molecule has 0 bridgehead atoms. The lowest BCUT2D eigenvalue weighted by Gasteiger charge is -2.40. The highest BCUT2D eigenvalue weighted by molar-refractivity contribution is 7.18. The molecule has 0 radical (unpaired) electrons. The number of anilines is 1. The molecule has 9 heteroatoms. The van der Waals surface area contributed by atoms with E-state index < -0.39 is 4.92 Å². The highest BCUT2D eigenvalue weighted by Gasteiger charge is 2.30. The number of carbonyl (C=O) groups is 1. The SMILES string of the molecule is O=C1NCCCN1C1CCN(c2ncc([N+](=O)[O-])s2)CC1. The van der Waals surface area contributed by atoms with Crippen LogP contribution in [0.5, 0.6) is 0 Å². The van der Waals surface area contributed by atoms with Gasteiger partial charge in [-0.05, 0) is 30.6 Å². The molecule has 1 aromatic heterocycles. The van der Waals surface area contributed by atoms with Crippen molar-refractivity contribution in [1.82, 2.24) is 15.2 Å². The zero-order valence-corrected chi connectivity index (χ0v) is 12.3. The highest BCUT2D eigenvalue weighted by atomic mass is 32.1. The molecule has 8 nitrogen and oxygen atoms in total. The Balaban J connectivity index is 1.59. The van der Waals surface area contributed by atoms with Crippen molar-refractivity contribution in [1.29, 1.82) is 0 Å². The van der Waals surface area contributed by atoms with Gasteiger partial charge >= 0.3 is 11.0 Å². The van der Waals surface area contributed by atoms with Crippen molar-refractivity contribution in [3.8, 4) is 0 Å². The first-order chi connectivity index (χ1) is 10.1. The second-order valence-electron chi connectivity index (χ2n) is 5.24. The fourth-order valence-electron chi connectivity index (χ4n) is 2.85. The highest BCUT2D eigenvalue weighted by Crippen LogP contribution is 2.30. The predicted octanol–water partition coefficient (Wildman–Crippen LogP) is 1.44. The molecule has 1 N–H and O–H groups in total. The van der Waals surface area contributed by atoms with Gasteiger partial charge in [0.1, 0.15) is 6.20 Å². The number of hydrogen-bond donors (Lipinski definition) is 1. The molecule has 2 aliphatic heterocycles. The van der Waals surface area contributed by atoms with Crippen LogP contribution in [-0.2, 0) is 0 Å². The topological polar surface area (TPSA) is 91.6 Å². The van der Waals surface area contributed by atoms with Crippen LogP contribution in [0.3, 0.4) is 0 Å². The van der Waals surface area contributed by atoms with Crippen molar-refractivity contribution in [3.05, 3.63) is 16.3 Å². The summed E-state index contributed by atoms with van der Waals surface area (Å²) in [6, 6.07) is 0.293. The van der Waals surface area contributed by atoms with Crippen molar-refractivity contribution in [2.24, 2.45) is 0 Å². The van der Waals surface area contributed by atoms with Crippen LogP contribution in [0, 0.1) is 10.1 Å². The van der Waals surface area contributed by atoms with E-state index in [2.05, 4.69) is 15.2 Å². The molecular weight excluding hydrogens is 294 g/mol. The van der Waals surface area contributed by atoms with Crippen LogP contribution >= 0.6 is 11.3 Å². The Hall–Kier alpha value is -1.90. The van der Waals surface area contributed by atoms with Gasteiger partial charge in [-0.3, -0.25) is 10.1 Å². The first-order valence-electron chi connectivity index (χ1n) is 7.05. The molecule has 2 aliphatic rings. The maximum absolute atomic E-state index is 11.8. The van der Waals surface area contributed by atoms with Gasteiger partial charge in [-0.15, -0.1) is 0 Å². The van der Waals surface area contributed by atoms with Gasteiger partial charge in [0, 0.05) is 32.2 Å². The van der Waals surface area contributed by atoms with E-state index in [4.69, 9.17) is 0 Å². The molecule has 114 valence electrons. The lowest BCUT2D eigenvalue weighted by atomic mass is 10.0. The second kappa shape index (κ2) is 5.84. The van der Waals surface area contributed by atoms with Crippen molar-refractivity contribution in [2.45, 2.75) is 25.3 Å². The van der Waals surface area contributed by atoms with Crippen LogP contribution in [-0.4, -0.2) is 53.1 Å². The summed E-state index contributed by atoms with van der Waals surface area (Å²) in [6.07, 6.45) is 4.05. The van der Waals surface area contributed by atoms with E-state index in [0.717, 1.165) is 56.8 Å². The Labute approximate surface area is 125 Å². The predicted molar refractivity (Wildman–Crippen MR) is 78.7 cm³/mol. The number of nitrogens with zero attached hydrogens (tertiary/aromatic N) is 4. The van der Waals surface area contributed by atoms with E-state index >= 15 is 0 Å². The quantitative estimate of drug-likeness (QED) is 0.673. The van der Waals surface area contributed by atoms with Gasteiger partial charge in [-0.25, -0.2) is 9.78 Å². The average molecular weight is 311 g/mol. The van der Waals surface area contributed by atoms with Gasteiger partial charge in [0.25, 0.3) is 0 Å². The van der Waals surface area contributed by atoms with Crippen LogP contribution in [0.25, 0.3) is 0 Å². The second-order valence-corrected chi connectivity index (χ2v) is 6.22. The van der Waals surface area contributed by atoms with Gasteiger partial charge in [0.05, 0.1) is 4.92 Å². The summed E-state index contributed by atoms with van der Waals surface area (Å²) < 4.78 is 0. The van der Waals surface area contributed by atoms with E-state index in [1.807, 2.05) is 4.90 Å². The third-order valence-corrected chi connectivity index (χ3v) is 4.96. The summed E-state index contributed by atoms with van der Waals surface area (Å²) in [4.78, 5) is 30.2. The van der Waals surface area contributed by atoms with E-state index in [9.17, 15) is 14.9 Å². The first kappa shape index (κ1) is 14.1. The minimum absolute atomic E-state index is 0.0320. The Bertz CT molecular complexity index is 541. The van der Waals surface area contributed by atoms with Gasteiger partial charge in [-0.1, -0.05) is 0 Å². The summed E-state index contributed by atoms with van der Waals surface area (Å²) in [5, 5.41) is 14.3. The molecule has 3 rings (SSSR count). The minimum Gasteiger partial charge on any atom is -0.348 e. The average Bonchev–Trinajstić information content (AvgIpc) is 2.98. The largest absolute Gasteiger partial charge is 0.348 e. The molecule has 0 spiro atoms. The summed E-state index contributed by atoms with van der Waals surface area (Å²) in [6.45, 7) is 3.13. The van der Waals surface area contributed by atoms with Crippen molar-refractivity contribution >= 4 is 27.5 Å². The van der Waals surface area contributed by atoms with Crippen molar-refractivity contribution in [3.63, 3.8) is 0 Å². The molecule has 0 unspecified atom stereocenters. The smallest absolute Gasteiger partial charge is 0.345 e. The fraction of sp³-hybridized carbons (Fsp3) is 0.667. The zero-order valence-electron chi connectivity index (χ0n) is 11.5. The van der Waals surface area contributed by atoms with Crippen molar-refractivity contribution in [2.75, 3.05) is 31.1 Å². The molecule has 0 saturated carbocycles. The van der Waals surface area contributed by atoms with E-state index in [1.54, 1.807) is 0 Å². The van der Waals surface area contributed by atoms with Crippen LogP contribution in [0.2, 0.25) is 0 Å². The molecular formula is C12H17N5O3S. The summed E-state index contributed by atoms with van der Waals surface area (Å²) in [5.41, 5.74) is 0. The first-order valence-corrected chi connectivity index (χ1v) is 7.86. The number of aromatic nitrogens is 1. The molecule has 3 heterocycles. The van der Waals surface area contributed by atoms with Gasteiger partial charge in [0.2, 0.25) is 0 Å². The van der Waals surface area contributed by atoms with Gasteiger partial charge in [0.15, 0.2) is 5.13 Å². The third kappa shape index (κ3) is 2.92. The van der Waals surface area contributed by atoms with Crippen LogP contribution in [0.15, 0.2) is 6.20 Å². The monoisotopic (exact) mass is 311 g/mol. The van der Waals surface area contributed by atoms with Crippen molar-refractivity contribution < 1.29 is 9.72 Å². The number of nitrogens with one attached hydrogen (secondary N) is 1. The minimum atomic E-state index is -0.411. The summed E-state index contributed by atoms with van der Waals surface area (Å²) >= 11 is 1.11. The molecule has 0 aliphatic carbocycles. The fourth-order valence-corrected chi connectivity index (χ4v) is 3.64. The molecule has 2 fully saturated rings. The Morgan fingerprint density at radius 3 is 2.76 bits per heavy atom. The van der Waals surface area contributed by atoms with Gasteiger partial charge < -0.3 is 15.1 Å². The number of piperidine rings is 1. The molecule has 2 saturated heterocycles. The number of urea groups is 1. The zero-order chi connectivity index (χ0) is 14.8. The molecule has 2 amide bonds. The Morgan fingerprint density at radius 1 is 1.38 bits per heavy atom. The number of amides is 2. The maximum Gasteiger partial charge on any atom is 0.345 e. The van der Waals surface area contributed by atoms with Gasteiger partial charge in [-0.2, -0.15) is 0 Å². The number of rotatable bonds is 3. The van der Waals surface area contributed by atoms with E-state index in [1.165, 1.54) is 6.20 Å². The Kier molecular flexibility index (Phi) is 3.91. The van der Waals surface area contributed by atoms with E-state index in [-0.39, 0.29) is 17.1 Å². The normalized spacial score (nSPS) is 20.5. The maximum atomic E-state index is 11.8. The lowest BCUT2D eigenvalue weighted by Crippen LogP contribution is -2.54. The van der Waals surface area contributed by atoms with Crippen LogP contribution in [0.4, 0.5) is 14.9 Å². The number of carbonyl (C=O) groups excluding carboxylic acids is 1. The number of nitro groups is 1. The van der Waals surface area contributed by atoms with E-state index in [0.29, 0.717) is 5.13 Å².